The van der Waals surface area contributed by atoms with Crippen LogP contribution in [-0.4, -0.2) is 69.1 Å². The van der Waals surface area contributed by atoms with Crippen molar-refractivity contribution in [3.8, 4) is 0 Å². The number of carboxylic acids is 1. The van der Waals surface area contributed by atoms with Gasteiger partial charge >= 0.3 is 18.1 Å². The lowest BCUT2D eigenvalue weighted by Crippen LogP contribution is -2.53. The molecule has 2 heterocycles. The average Bonchev–Trinajstić information content (AvgIpc) is 3.81. The number of carbonyl (C=O) groups excluding carboxylic acids is 3. The molecular weight excluding hydrogens is 689 g/mol. The predicted molar refractivity (Wildman–Crippen MR) is 198 cm³/mol. The monoisotopic (exact) mass is 734 g/mol. The lowest BCUT2D eigenvalue weighted by Gasteiger charge is -2.27. The zero-order valence-corrected chi connectivity index (χ0v) is 30.8. The summed E-state index contributed by atoms with van der Waals surface area (Å²) in [4.78, 5) is 62.3. The molecule has 2 aromatic carbocycles. The second-order valence-electron chi connectivity index (χ2n) is 12.7. The fourth-order valence-electron chi connectivity index (χ4n) is 5.38. The number of thiazole rings is 2. The van der Waals surface area contributed by atoms with Crippen molar-refractivity contribution >= 4 is 46.7 Å². The number of amides is 4. The maximum absolute atomic E-state index is 13.8. The number of urea groups is 1. The molecule has 0 saturated carbocycles. The largest absolute Gasteiger partial charge is 0.481 e. The number of ether oxygens (including phenoxy) is 1. The topological polar surface area (TPSA) is 163 Å². The van der Waals surface area contributed by atoms with E-state index in [0.29, 0.717) is 25.7 Å². The average molecular weight is 735 g/mol. The van der Waals surface area contributed by atoms with E-state index in [1.165, 1.54) is 27.6 Å². The predicted octanol–water partition coefficient (Wildman–Crippen LogP) is 6.14. The van der Waals surface area contributed by atoms with Crippen LogP contribution in [0.15, 0.2) is 77.8 Å². The number of aromatic nitrogens is 2. The first-order valence-corrected chi connectivity index (χ1v) is 18.7. The first-order chi connectivity index (χ1) is 24.5. The highest BCUT2D eigenvalue weighted by atomic mass is 32.1. The van der Waals surface area contributed by atoms with Gasteiger partial charge in [-0.2, -0.15) is 0 Å². The Hall–Kier alpha value is -4.82. The van der Waals surface area contributed by atoms with E-state index in [9.17, 15) is 24.3 Å². The van der Waals surface area contributed by atoms with E-state index >= 15 is 0 Å². The second-order valence-corrected chi connectivity index (χ2v) is 14.5. The molecule has 0 aliphatic rings. The third-order valence-corrected chi connectivity index (χ3v) is 10.0. The van der Waals surface area contributed by atoms with Crippen LogP contribution in [0.1, 0.15) is 72.2 Å². The summed E-state index contributed by atoms with van der Waals surface area (Å²) in [7, 11) is 1.61. The van der Waals surface area contributed by atoms with Gasteiger partial charge < -0.3 is 30.7 Å². The SMILES string of the molecule is CC(C)c1nc(CN(C)C(=O)N[C@@H](CCC(=O)O)C(=O)N[C@H](CC[C@H](Cc2ccccc2)NC(=O)OCc2cncs2)Cc2ccccc2)cs1. The molecular formula is C37H46N6O6S2. The Kier molecular flexibility index (Phi) is 15.4. The second kappa shape index (κ2) is 20.1. The Morgan fingerprint density at radius 1 is 0.863 bits per heavy atom. The van der Waals surface area contributed by atoms with Crippen LogP contribution in [0.5, 0.6) is 0 Å². The van der Waals surface area contributed by atoms with Gasteiger partial charge in [-0.1, -0.05) is 74.5 Å². The number of rotatable bonds is 19. The van der Waals surface area contributed by atoms with Crippen molar-refractivity contribution < 1.29 is 29.0 Å². The summed E-state index contributed by atoms with van der Waals surface area (Å²) in [5, 5.41) is 21.1. The van der Waals surface area contributed by atoms with Gasteiger partial charge in [0.2, 0.25) is 5.91 Å². The van der Waals surface area contributed by atoms with Gasteiger partial charge in [0, 0.05) is 43.0 Å². The van der Waals surface area contributed by atoms with Gasteiger partial charge in [0.1, 0.15) is 12.6 Å². The van der Waals surface area contributed by atoms with Gasteiger partial charge in [-0.15, -0.1) is 22.7 Å². The fraction of sp³-hybridized carbons (Fsp3) is 0.405. The molecule has 0 unspecified atom stereocenters. The van der Waals surface area contributed by atoms with Crippen molar-refractivity contribution in [3.05, 3.63) is 104 Å². The summed E-state index contributed by atoms with van der Waals surface area (Å²) in [6, 6.07) is 17.2. The van der Waals surface area contributed by atoms with Crippen LogP contribution in [-0.2, 0) is 40.3 Å². The molecule has 51 heavy (non-hydrogen) atoms. The van der Waals surface area contributed by atoms with E-state index in [-0.39, 0.29) is 44.0 Å². The van der Waals surface area contributed by atoms with Crippen LogP contribution in [0.3, 0.4) is 0 Å². The maximum Gasteiger partial charge on any atom is 0.407 e. The van der Waals surface area contributed by atoms with Crippen molar-refractivity contribution in [1.29, 1.82) is 0 Å². The zero-order chi connectivity index (χ0) is 36.6. The normalized spacial score (nSPS) is 12.8. The van der Waals surface area contributed by atoms with Gasteiger partial charge in [-0.3, -0.25) is 14.6 Å². The first kappa shape index (κ1) is 39.0. The van der Waals surface area contributed by atoms with Crippen LogP contribution >= 0.6 is 22.7 Å². The molecule has 0 spiro atoms. The van der Waals surface area contributed by atoms with E-state index in [4.69, 9.17) is 4.74 Å². The van der Waals surface area contributed by atoms with Crippen molar-refractivity contribution in [2.24, 2.45) is 0 Å². The standard InChI is InChI=1S/C37H46N6O6S2/c1-25(2)35-40-30(23-50-35)21-43(3)36(47)42-32(16-17-33(44)45)34(46)39-28(18-26-10-6-4-7-11-26)14-15-29(19-27-12-8-5-9-13-27)41-37(48)49-22-31-20-38-24-51-31/h4-13,20,23-25,28-29,32H,14-19,21-22H2,1-3H3,(H,39,46)(H,41,48)(H,42,47)(H,44,45)/t28-,29-,32+/m1/s1. The molecule has 14 heteroatoms. The molecule has 0 radical (unpaired) electrons. The summed E-state index contributed by atoms with van der Waals surface area (Å²) in [5.74, 6) is -1.29. The number of hydrogen-bond acceptors (Lipinski definition) is 9. The van der Waals surface area contributed by atoms with E-state index in [0.717, 1.165) is 26.7 Å². The van der Waals surface area contributed by atoms with Gasteiger partial charge in [0.05, 0.1) is 27.6 Å². The zero-order valence-electron chi connectivity index (χ0n) is 29.1. The molecule has 0 aliphatic carbocycles. The Balaban J connectivity index is 1.45. The van der Waals surface area contributed by atoms with Crippen LogP contribution in [0.2, 0.25) is 0 Å². The molecule has 272 valence electrons. The molecule has 0 bridgehead atoms. The smallest absolute Gasteiger partial charge is 0.407 e. The van der Waals surface area contributed by atoms with E-state index < -0.39 is 30.0 Å². The van der Waals surface area contributed by atoms with Crippen molar-refractivity contribution in [3.63, 3.8) is 0 Å². The van der Waals surface area contributed by atoms with Crippen molar-refractivity contribution in [2.75, 3.05) is 7.05 Å². The van der Waals surface area contributed by atoms with Crippen LogP contribution < -0.4 is 16.0 Å². The molecule has 12 nitrogen and oxygen atoms in total. The third kappa shape index (κ3) is 13.8. The van der Waals surface area contributed by atoms with E-state index in [1.807, 2.05) is 66.0 Å². The lowest BCUT2D eigenvalue weighted by atomic mass is 9.95. The number of hydrogen-bond donors (Lipinski definition) is 4. The summed E-state index contributed by atoms with van der Waals surface area (Å²) in [6.45, 7) is 4.45. The summed E-state index contributed by atoms with van der Waals surface area (Å²) >= 11 is 2.93. The highest BCUT2D eigenvalue weighted by molar-refractivity contribution is 7.09. The van der Waals surface area contributed by atoms with Crippen molar-refractivity contribution in [1.82, 2.24) is 30.8 Å². The molecule has 4 aromatic rings. The van der Waals surface area contributed by atoms with Gasteiger partial charge in [-0.05, 0) is 43.2 Å². The summed E-state index contributed by atoms with van der Waals surface area (Å²) < 4.78 is 5.46. The molecule has 0 fully saturated rings. The molecule has 3 atom stereocenters. The van der Waals surface area contributed by atoms with E-state index in [1.54, 1.807) is 18.8 Å². The Bertz CT molecular complexity index is 1670. The molecule has 4 N–H and O–H groups in total. The molecule has 2 aromatic heterocycles. The Morgan fingerprint density at radius 2 is 1.49 bits per heavy atom. The molecule has 4 amide bonds. The fourth-order valence-corrected chi connectivity index (χ4v) is 6.71. The van der Waals surface area contributed by atoms with Crippen molar-refractivity contribution in [2.45, 2.75) is 89.6 Å². The van der Waals surface area contributed by atoms with Crippen LogP contribution in [0, 0.1) is 0 Å². The summed E-state index contributed by atoms with van der Waals surface area (Å²) in [5.41, 5.74) is 4.44. The number of benzene rings is 2. The number of carboxylic acid groups (broad SMARTS) is 1. The minimum Gasteiger partial charge on any atom is -0.481 e. The van der Waals surface area contributed by atoms with Gasteiger partial charge in [0.25, 0.3) is 0 Å². The van der Waals surface area contributed by atoms with Gasteiger partial charge in [-0.25, -0.2) is 14.6 Å². The van der Waals surface area contributed by atoms with Crippen LogP contribution in [0.4, 0.5) is 9.59 Å². The number of nitrogens with zero attached hydrogens (tertiary/aromatic N) is 3. The number of nitrogens with one attached hydrogen (secondary N) is 3. The van der Waals surface area contributed by atoms with Crippen LogP contribution in [0.25, 0.3) is 0 Å². The quantitative estimate of drug-likeness (QED) is 0.0893. The molecule has 4 rings (SSSR count). The number of carbonyl (C=O) groups is 4. The lowest BCUT2D eigenvalue weighted by molar-refractivity contribution is -0.137. The number of alkyl carbamates (subject to hydrolysis) is 1. The number of aliphatic carboxylic acids is 1. The minimum atomic E-state index is -1.09. The first-order valence-electron chi connectivity index (χ1n) is 16.9. The maximum atomic E-state index is 13.8. The molecule has 0 aliphatic heterocycles. The minimum absolute atomic E-state index is 0.0865. The summed E-state index contributed by atoms with van der Waals surface area (Å²) in [6.07, 6.45) is 2.73. The Morgan fingerprint density at radius 3 is 2.04 bits per heavy atom. The Labute approximate surface area is 306 Å². The molecule has 0 saturated heterocycles. The highest BCUT2D eigenvalue weighted by Crippen LogP contribution is 2.20. The third-order valence-electron chi connectivity index (χ3n) is 8.08. The van der Waals surface area contributed by atoms with E-state index in [2.05, 4.69) is 39.8 Å². The highest BCUT2D eigenvalue weighted by Gasteiger charge is 2.27. The van der Waals surface area contributed by atoms with Gasteiger partial charge in [0.15, 0.2) is 0 Å².